The number of fused-ring (bicyclic) bond motifs is 7. The second-order valence-electron chi connectivity index (χ2n) is 15.6. The first kappa shape index (κ1) is 24.4. The summed E-state index contributed by atoms with van der Waals surface area (Å²) in [4.78, 5) is 0. The Balaban J connectivity index is 1.65. The predicted octanol–water partition coefficient (Wildman–Crippen LogP) is 7.79. The van der Waals surface area contributed by atoms with Crippen LogP contribution in [0.15, 0.2) is 11.6 Å². The molecule has 0 bridgehead atoms. The lowest BCUT2D eigenvalue weighted by molar-refractivity contribution is -0.228. The van der Waals surface area contributed by atoms with Crippen LogP contribution in [0.5, 0.6) is 0 Å². The van der Waals surface area contributed by atoms with Gasteiger partial charge in [-0.1, -0.05) is 67.0 Å². The lowest BCUT2D eigenvalue weighted by Gasteiger charge is -2.72. The summed E-state index contributed by atoms with van der Waals surface area (Å²) >= 11 is 0. The molecule has 1 N–H and O–H groups in total. The summed E-state index contributed by atoms with van der Waals surface area (Å²) in [6.45, 7) is 20.2. The van der Waals surface area contributed by atoms with E-state index < -0.39 is 0 Å². The molecule has 0 aliphatic heterocycles. The first-order chi connectivity index (χ1) is 15.1. The van der Waals surface area contributed by atoms with E-state index in [1.54, 1.807) is 5.57 Å². The third-order valence-corrected chi connectivity index (χ3v) is 13.2. The molecule has 2 heteroatoms. The van der Waals surface area contributed by atoms with Crippen LogP contribution >= 0.6 is 0 Å². The van der Waals surface area contributed by atoms with E-state index in [0.717, 1.165) is 12.8 Å². The molecule has 0 radical (unpaired) electrons. The summed E-state index contributed by atoms with van der Waals surface area (Å²) in [6.07, 6.45) is 14.1. The zero-order valence-electron chi connectivity index (χ0n) is 23.2. The molecule has 0 aromatic heterocycles. The van der Waals surface area contributed by atoms with Crippen molar-refractivity contribution in [3.05, 3.63) is 11.6 Å². The zero-order chi connectivity index (χ0) is 24.2. The maximum Gasteiger partial charge on any atom is 0.0793 e. The molecule has 2 nitrogen and oxygen atoms in total. The van der Waals surface area contributed by atoms with Gasteiger partial charge >= 0.3 is 0 Å². The van der Waals surface area contributed by atoms with E-state index in [0.29, 0.717) is 28.6 Å². The van der Waals surface area contributed by atoms with E-state index in [4.69, 9.17) is 4.74 Å². The van der Waals surface area contributed by atoms with E-state index in [-0.39, 0.29) is 33.9 Å². The molecule has 0 unspecified atom stereocenters. The number of hydrogen-bond donors (Lipinski definition) is 1. The molecule has 0 amide bonds. The Kier molecular flexibility index (Phi) is 5.25. The first-order valence-corrected chi connectivity index (χ1v) is 14.1. The smallest absolute Gasteiger partial charge is 0.0793 e. The minimum absolute atomic E-state index is 0.0178. The average molecular weight is 457 g/mol. The third kappa shape index (κ3) is 3.04. The fourth-order valence-electron chi connectivity index (χ4n) is 10.8. The van der Waals surface area contributed by atoms with Gasteiger partial charge in [-0.2, -0.15) is 0 Å². The lowest BCUT2D eigenvalue weighted by atomic mass is 9.33. The Labute approximate surface area is 204 Å². The van der Waals surface area contributed by atoms with Crippen LogP contribution in [0.3, 0.4) is 0 Å². The highest BCUT2D eigenvalue weighted by atomic mass is 16.5. The quantitative estimate of drug-likeness (QED) is 0.408. The van der Waals surface area contributed by atoms with Crippen LogP contribution in [0.4, 0.5) is 0 Å². The van der Waals surface area contributed by atoms with Gasteiger partial charge < -0.3 is 9.84 Å². The molecule has 5 aliphatic rings. The number of allylic oxidation sites excluding steroid dienone is 1. The van der Waals surface area contributed by atoms with Gasteiger partial charge in [0, 0.05) is 13.0 Å². The fourth-order valence-corrected chi connectivity index (χ4v) is 10.8. The number of aliphatic hydroxyl groups is 1. The van der Waals surface area contributed by atoms with Gasteiger partial charge in [0.2, 0.25) is 0 Å². The Morgan fingerprint density at radius 2 is 1.52 bits per heavy atom. The molecule has 0 saturated heterocycles. The lowest BCUT2D eigenvalue weighted by Crippen LogP contribution is -2.67. The molecule has 4 saturated carbocycles. The van der Waals surface area contributed by atoms with Crippen molar-refractivity contribution in [1.29, 1.82) is 0 Å². The molecule has 33 heavy (non-hydrogen) atoms. The van der Waals surface area contributed by atoms with E-state index in [1.807, 2.05) is 7.11 Å². The van der Waals surface area contributed by atoms with Crippen LogP contribution in [0.2, 0.25) is 0 Å². The highest BCUT2D eigenvalue weighted by molar-refractivity contribution is 5.35. The molecular weight excluding hydrogens is 404 g/mol. The highest BCUT2D eigenvalue weighted by Crippen LogP contribution is 2.75. The standard InChI is InChI=1S/C31H52O2/c1-26(2)14-15-28(5)16-17-30(7)20(21(28)19-26)18-22(33-9)25-29(6)12-11-24(32)27(3,4)23(29)10-13-31(25,30)8/h18,21-25,32H,10-17,19H2,1-9H3/t21-,22+,23-,24+,25+,28+,29-,30+,31+/m0/s1. The summed E-state index contributed by atoms with van der Waals surface area (Å²) in [6, 6.07) is 0. The second-order valence-corrected chi connectivity index (χ2v) is 15.6. The number of rotatable bonds is 1. The van der Waals surface area contributed by atoms with Crippen LogP contribution in [-0.4, -0.2) is 24.4 Å². The maximum absolute atomic E-state index is 11.0. The molecule has 0 heterocycles. The van der Waals surface area contributed by atoms with E-state index in [1.165, 1.54) is 44.9 Å². The minimum Gasteiger partial charge on any atom is -0.393 e. The van der Waals surface area contributed by atoms with Crippen molar-refractivity contribution in [1.82, 2.24) is 0 Å². The predicted molar refractivity (Wildman–Crippen MR) is 137 cm³/mol. The van der Waals surface area contributed by atoms with Crippen molar-refractivity contribution < 1.29 is 9.84 Å². The van der Waals surface area contributed by atoms with Gasteiger partial charge in [-0.15, -0.1) is 0 Å². The van der Waals surface area contributed by atoms with Gasteiger partial charge in [-0.25, -0.2) is 0 Å². The van der Waals surface area contributed by atoms with Crippen molar-refractivity contribution in [2.75, 3.05) is 7.11 Å². The number of aliphatic hydroxyl groups excluding tert-OH is 1. The molecule has 5 aliphatic carbocycles. The topological polar surface area (TPSA) is 29.5 Å². The SMILES string of the molecule is CO[C@@H]1C=C2[C@@H]3CC(C)(C)CC[C@]3(C)CC[C@@]2(C)[C@]2(C)CC[C@H]3C(C)(C)[C@H](O)CC[C@]3(C)[C@@H]12. The van der Waals surface area contributed by atoms with Gasteiger partial charge in [0.1, 0.15) is 0 Å². The summed E-state index contributed by atoms with van der Waals surface area (Å²) in [5.74, 6) is 1.78. The van der Waals surface area contributed by atoms with Crippen molar-refractivity contribution in [2.45, 2.75) is 125 Å². The Morgan fingerprint density at radius 3 is 2.18 bits per heavy atom. The molecule has 188 valence electrons. The number of methoxy groups -OCH3 is 1. The zero-order valence-corrected chi connectivity index (χ0v) is 23.2. The summed E-state index contributed by atoms with van der Waals surface area (Å²) in [7, 11) is 1.97. The van der Waals surface area contributed by atoms with Crippen LogP contribution in [0.1, 0.15) is 113 Å². The molecule has 0 aromatic rings. The van der Waals surface area contributed by atoms with Crippen molar-refractivity contribution in [2.24, 2.45) is 50.2 Å². The molecule has 9 atom stereocenters. The minimum atomic E-state index is -0.175. The van der Waals surface area contributed by atoms with Gasteiger partial charge in [0.15, 0.2) is 0 Å². The van der Waals surface area contributed by atoms with Crippen LogP contribution in [0, 0.1) is 50.2 Å². The van der Waals surface area contributed by atoms with Gasteiger partial charge in [0.05, 0.1) is 12.2 Å². The number of hydrogen-bond acceptors (Lipinski definition) is 2. The molecular formula is C31H52O2. The summed E-state index contributed by atoms with van der Waals surface area (Å²) in [5, 5.41) is 11.0. The summed E-state index contributed by atoms with van der Waals surface area (Å²) in [5.41, 5.74) is 3.39. The molecule has 5 rings (SSSR count). The van der Waals surface area contributed by atoms with E-state index in [2.05, 4.69) is 61.5 Å². The highest BCUT2D eigenvalue weighted by Gasteiger charge is 2.69. The first-order valence-electron chi connectivity index (χ1n) is 14.1. The van der Waals surface area contributed by atoms with Gasteiger partial charge in [-0.3, -0.25) is 0 Å². The Bertz CT molecular complexity index is 840. The van der Waals surface area contributed by atoms with Crippen LogP contribution in [0.25, 0.3) is 0 Å². The van der Waals surface area contributed by atoms with Gasteiger partial charge in [0.25, 0.3) is 0 Å². The van der Waals surface area contributed by atoms with Crippen LogP contribution in [-0.2, 0) is 4.74 Å². The normalized spacial score (nSPS) is 54.8. The van der Waals surface area contributed by atoms with Crippen molar-refractivity contribution in [3.63, 3.8) is 0 Å². The van der Waals surface area contributed by atoms with E-state index in [9.17, 15) is 5.11 Å². The summed E-state index contributed by atoms with van der Waals surface area (Å²) < 4.78 is 6.45. The monoisotopic (exact) mass is 456 g/mol. The van der Waals surface area contributed by atoms with Crippen LogP contribution < -0.4 is 0 Å². The fraction of sp³-hybridized carbons (Fsp3) is 0.935. The Hall–Kier alpha value is -0.340. The molecule has 0 aromatic carbocycles. The second kappa shape index (κ2) is 7.12. The average Bonchev–Trinajstić information content (AvgIpc) is 2.72. The largest absolute Gasteiger partial charge is 0.393 e. The Morgan fingerprint density at radius 1 is 0.848 bits per heavy atom. The molecule has 0 spiro atoms. The maximum atomic E-state index is 11.0. The van der Waals surface area contributed by atoms with E-state index >= 15 is 0 Å². The van der Waals surface area contributed by atoms with Crippen molar-refractivity contribution in [3.8, 4) is 0 Å². The number of ether oxygens (including phenoxy) is 1. The van der Waals surface area contributed by atoms with Gasteiger partial charge in [-0.05, 0) is 102 Å². The molecule has 4 fully saturated rings. The third-order valence-electron chi connectivity index (χ3n) is 13.2. The van der Waals surface area contributed by atoms with Crippen molar-refractivity contribution >= 4 is 0 Å².